The Balaban J connectivity index is 1.82. The molecule has 26 heavy (non-hydrogen) atoms. The van der Waals surface area contributed by atoms with E-state index < -0.39 is 6.04 Å². The van der Waals surface area contributed by atoms with Crippen molar-refractivity contribution in [3.63, 3.8) is 0 Å². The molecule has 3 N–H and O–H groups in total. The number of carbonyl (C=O) groups is 2. The first-order valence-electron chi connectivity index (χ1n) is 8.76. The second kappa shape index (κ2) is 7.87. The van der Waals surface area contributed by atoms with Gasteiger partial charge >= 0.3 is 0 Å². The third-order valence-electron chi connectivity index (χ3n) is 4.30. The number of fused-ring (bicyclic) bond motifs is 1. The zero-order valence-corrected chi connectivity index (χ0v) is 15.0. The van der Waals surface area contributed by atoms with Gasteiger partial charge in [-0.25, -0.2) is 0 Å². The van der Waals surface area contributed by atoms with Crippen molar-refractivity contribution in [2.24, 2.45) is 5.92 Å². The number of nitrogens with one attached hydrogen (secondary N) is 3. The molecule has 1 aromatic heterocycles. The fourth-order valence-electron chi connectivity index (χ4n) is 2.82. The molecule has 0 saturated heterocycles. The molecule has 3 aromatic rings. The van der Waals surface area contributed by atoms with E-state index in [0.717, 1.165) is 16.5 Å². The third kappa shape index (κ3) is 4.11. The summed E-state index contributed by atoms with van der Waals surface area (Å²) in [5.74, 6) is -0.557. The largest absolute Gasteiger partial charge is 0.361 e. The van der Waals surface area contributed by atoms with E-state index in [2.05, 4.69) is 15.6 Å². The van der Waals surface area contributed by atoms with Gasteiger partial charge in [0.1, 0.15) is 6.04 Å². The summed E-state index contributed by atoms with van der Waals surface area (Å²) < 4.78 is 0. The molecular formula is C21H23N3O2. The first-order valence-corrected chi connectivity index (χ1v) is 8.76. The molecule has 2 amide bonds. The molecular weight excluding hydrogens is 326 g/mol. The molecule has 0 aliphatic heterocycles. The second-order valence-electron chi connectivity index (χ2n) is 6.63. The zero-order valence-electron chi connectivity index (χ0n) is 15.0. The van der Waals surface area contributed by atoms with Crippen LogP contribution >= 0.6 is 0 Å². The summed E-state index contributed by atoms with van der Waals surface area (Å²) in [6.45, 7) is 3.63. The number of hydrogen-bond donors (Lipinski definition) is 3. The third-order valence-corrected chi connectivity index (χ3v) is 4.30. The highest BCUT2D eigenvalue weighted by Crippen LogP contribution is 2.20. The highest BCUT2D eigenvalue weighted by molar-refractivity contribution is 5.98. The standard InChI is InChI=1S/C21H23N3O2/c1-14(2)20(25)24-19(21(26)23-16-8-4-3-5-9-16)12-15-13-22-18-11-7-6-10-17(15)18/h3-11,13-14,19,22H,12H2,1-2H3,(H,23,26)(H,24,25)/t19-/m0/s1. The van der Waals surface area contributed by atoms with Gasteiger partial charge in [-0.3, -0.25) is 9.59 Å². The van der Waals surface area contributed by atoms with E-state index in [1.54, 1.807) is 0 Å². The number of rotatable bonds is 6. The summed E-state index contributed by atoms with van der Waals surface area (Å²) in [7, 11) is 0. The van der Waals surface area contributed by atoms with Gasteiger partial charge in [0.2, 0.25) is 11.8 Å². The molecule has 0 fully saturated rings. The average molecular weight is 349 g/mol. The molecule has 0 saturated carbocycles. The molecule has 0 aliphatic rings. The summed E-state index contributed by atoms with van der Waals surface area (Å²) in [6.07, 6.45) is 2.32. The zero-order chi connectivity index (χ0) is 18.5. The number of hydrogen-bond acceptors (Lipinski definition) is 2. The first-order chi connectivity index (χ1) is 12.5. The van der Waals surface area contributed by atoms with Crippen molar-refractivity contribution in [3.05, 3.63) is 66.4 Å². The van der Waals surface area contributed by atoms with Gasteiger partial charge < -0.3 is 15.6 Å². The van der Waals surface area contributed by atoms with E-state index in [0.29, 0.717) is 12.1 Å². The van der Waals surface area contributed by atoms with Crippen molar-refractivity contribution < 1.29 is 9.59 Å². The lowest BCUT2D eigenvalue weighted by Gasteiger charge is -2.19. The smallest absolute Gasteiger partial charge is 0.247 e. The molecule has 3 rings (SSSR count). The Morgan fingerprint density at radius 1 is 0.962 bits per heavy atom. The van der Waals surface area contributed by atoms with Crippen molar-refractivity contribution in [1.82, 2.24) is 10.3 Å². The van der Waals surface area contributed by atoms with Crippen LogP contribution in [-0.4, -0.2) is 22.8 Å². The first kappa shape index (κ1) is 17.7. The van der Waals surface area contributed by atoms with Crippen LogP contribution in [0.15, 0.2) is 60.8 Å². The van der Waals surface area contributed by atoms with E-state index in [-0.39, 0.29) is 17.7 Å². The predicted molar refractivity (Wildman–Crippen MR) is 104 cm³/mol. The van der Waals surface area contributed by atoms with Gasteiger partial charge in [-0.2, -0.15) is 0 Å². The van der Waals surface area contributed by atoms with Gasteiger partial charge in [-0.15, -0.1) is 0 Å². The predicted octanol–water partition coefficient (Wildman–Crippen LogP) is 3.49. The molecule has 0 aliphatic carbocycles. The average Bonchev–Trinajstić information content (AvgIpc) is 3.05. The van der Waals surface area contributed by atoms with Crippen LogP contribution in [0.3, 0.4) is 0 Å². The van der Waals surface area contributed by atoms with Crippen molar-refractivity contribution in [1.29, 1.82) is 0 Å². The lowest BCUT2D eigenvalue weighted by Crippen LogP contribution is -2.46. The minimum absolute atomic E-state index is 0.141. The van der Waals surface area contributed by atoms with Gasteiger partial charge in [0, 0.05) is 35.1 Å². The van der Waals surface area contributed by atoms with E-state index in [4.69, 9.17) is 0 Å². The van der Waals surface area contributed by atoms with Crippen molar-refractivity contribution in [3.8, 4) is 0 Å². The summed E-state index contributed by atoms with van der Waals surface area (Å²) >= 11 is 0. The van der Waals surface area contributed by atoms with Crippen LogP contribution in [-0.2, 0) is 16.0 Å². The molecule has 134 valence electrons. The van der Waals surface area contributed by atoms with Crippen molar-refractivity contribution >= 4 is 28.4 Å². The van der Waals surface area contributed by atoms with Gasteiger partial charge in [0.25, 0.3) is 0 Å². The molecule has 1 atom stereocenters. The fourth-order valence-corrected chi connectivity index (χ4v) is 2.82. The van der Waals surface area contributed by atoms with E-state index in [1.165, 1.54) is 0 Å². The topological polar surface area (TPSA) is 74.0 Å². The maximum atomic E-state index is 12.8. The lowest BCUT2D eigenvalue weighted by molar-refractivity contribution is -0.128. The van der Waals surface area contributed by atoms with Crippen LogP contribution in [0.1, 0.15) is 19.4 Å². The van der Waals surface area contributed by atoms with Crippen molar-refractivity contribution in [2.75, 3.05) is 5.32 Å². The van der Waals surface area contributed by atoms with E-state index >= 15 is 0 Å². The number of aromatic amines is 1. The molecule has 0 spiro atoms. The molecule has 0 bridgehead atoms. The Kier molecular flexibility index (Phi) is 5.37. The maximum Gasteiger partial charge on any atom is 0.247 e. The molecule has 0 radical (unpaired) electrons. The highest BCUT2D eigenvalue weighted by Gasteiger charge is 2.23. The monoisotopic (exact) mass is 349 g/mol. The Morgan fingerprint density at radius 2 is 1.65 bits per heavy atom. The number of carbonyl (C=O) groups excluding carboxylic acids is 2. The second-order valence-corrected chi connectivity index (χ2v) is 6.63. The van der Waals surface area contributed by atoms with Crippen LogP contribution in [0, 0.1) is 5.92 Å². The molecule has 2 aromatic carbocycles. The van der Waals surface area contributed by atoms with Crippen LogP contribution < -0.4 is 10.6 Å². The molecule has 0 unspecified atom stereocenters. The van der Waals surface area contributed by atoms with Gasteiger partial charge in [0.15, 0.2) is 0 Å². The van der Waals surface area contributed by atoms with Crippen LogP contribution in [0.2, 0.25) is 0 Å². The van der Waals surface area contributed by atoms with Gasteiger partial charge in [-0.05, 0) is 23.8 Å². The number of benzene rings is 2. The lowest BCUT2D eigenvalue weighted by atomic mass is 10.0. The van der Waals surface area contributed by atoms with E-state index in [9.17, 15) is 9.59 Å². The quantitative estimate of drug-likeness (QED) is 0.637. The highest BCUT2D eigenvalue weighted by atomic mass is 16.2. The van der Waals surface area contributed by atoms with Crippen molar-refractivity contribution in [2.45, 2.75) is 26.3 Å². The SMILES string of the molecule is CC(C)C(=O)N[C@@H](Cc1c[nH]c2ccccc12)C(=O)Nc1ccccc1. The van der Waals surface area contributed by atoms with Gasteiger partial charge in [0.05, 0.1) is 0 Å². The van der Waals surface area contributed by atoms with E-state index in [1.807, 2.05) is 74.6 Å². The summed E-state index contributed by atoms with van der Waals surface area (Å²) in [6, 6.07) is 16.5. The number of amides is 2. The van der Waals surface area contributed by atoms with Crippen LogP contribution in [0.4, 0.5) is 5.69 Å². The molecule has 5 heteroatoms. The number of anilines is 1. The fraction of sp³-hybridized carbons (Fsp3) is 0.238. The number of para-hydroxylation sites is 2. The summed E-state index contributed by atoms with van der Waals surface area (Å²) in [5.41, 5.74) is 2.72. The van der Waals surface area contributed by atoms with Gasteiger partial charge in [-0.1, -0.05) is 50.2 Å². The Hall–Kier alpha value is -3.08. The number of H-pyrrole nitrogens is 1. The normalized spacial score (nSPS) is 12.1. The van der Waals surface area contributed by atoms with Crippen LogP contribution in [0.25, 0.3) is 10.9 Å². The molecule has 5 nitrogen and oxygen atoms in total. The minimum atomic E-state index is -0.649. The Bertz CT molecular complexity index is 900. The maximum absolute atomic E-state index is 12.8. The number of aromatic nitrogens is 1. The Labute approximate surface area is 152 Å². The van der Waals surface area contributed by atoms with Crippen LogP contribution in [0.5, 0.6) is 0 Å². The minimum Gasteiger partial charge on any atom is -0.361 e. The Morgan fingerprint density at radius 3 is 2.38 bits per heavy atom. The molecule has 1 heterocycles. The summed E-state index contributed by atoms with van der Waals surface area (Å²) in [4.78, 5) is 28.2. The summed E-state index contributed by atoms with van der Waals surface area (Å²) in [5, 5.41) is 6.82.